The summed E-state index contributed by atoms with van der Waals surface area (Å²) >= 11 is 0. The lowest BCUT2D eigenvalue weighted by Gasteiger charge is -2.12. The second-order valence-electron chi connectivity index (χ2n) is 7.80. The molecule has 0 saturated heterocycles. The van der Waals surface area contributed by atoms with E-state index >= 15 is 0 Å². The zero-order valence-electron chi connectivity index (χ0n) is 17.9. The fourth-order valence-electron chi connectivity index (χ4n) is 3.72. The molecule has 160 valence electrons. The van der Waals surface area contributed by atoms with Crippen LogP contribution in [0.15, 0.2) is 56.5 Å². The Morgan fingerprint density at radius 3 is 2.55 bits per heavy atom. The second kappa shape index (κ2) is 8.26. The van der Waals surface area contributed by atoms with Crippen LogP contribution in [0.25, 0.3) is 22.1 Å². The molecule has 1 N–H and O–H groups in total. The molecule has 7 nitrogen and oxygen atoms in total. The number of nitrogens with zero attached hydrogens (tertiary/aromatic N) is 2. The van der Waals surface area contributed by atoms with Gasteiger partial charge in [-0.3, -0.25) is 18.7 Å². The third kappa shape index (κ3) is 3.79. The van der Waals surface area contributed by atoms with Gasteiger partial charge in [-0.25, -0.2) is 4.79 Å². The van der Waals surface area contributed by atoms with Crippen LogP contribution in [-0.4, -0.2) is 15.0 Å². The van der Waals surface area contributed by atoms with Crippen molar-refractivity contribution in [3.05, 3.63) is 74.4 Å². The Bertz CT molecular complexity index is 1410. The average Bonchev–Trinajstić information content (AvgIpc) is 3.14. The quantitative estimate of drug-likeness (QED) is 0.512. The van der Waals surface area contributed by atoms with Gasteiger partial charge >= 0.3 is 5.69 Å². The molecule has 0 saturated carbocycles. The molecule has 7 heteroatoms. The van der Waals surface area contributed by atoms with Crippen molar-refractivity contribution in [3.8, 4) is 0 Å². The van der Waals surface area contributed by atoms with Gasteiger partial charge < -0.3 is 9.73 Å². The van der Waals surface area contributed by atoms with Crippen molar-refractivity contribution in [2.24, 2.45) is 0 Å². The molecule has 4 rings (SSSR count). The maximum Gasteiger partial charge on any atom is 0.332 e. The first-order valence-electron chi connectivity index (χ1n) is 10.4. The molecule has 31 heavy (non-hydrogen) atoms. The lowest BCUT2D eigenvalue weighted by molar-refractivity contribution is -0.116. The van der Waals surface area contributed by atoms with E-state index in [-0.39, 0.29) is 24.6 Å². The van der Waals surface area contributed by atoms with E-state index < -0.39 is 11.2 Å². The van der Waals surface area contributed by atoms with Crippen LogP contribution in [0.2, 0.25) is 0 Å². The van der Waals surface area contributed by atoms with Crippen LogP contribution in [0.1, 0.15) is 30.9 Å². The summed E-state index contributed by atoms with van der Waals surface area (Å²) in [5, 5.41) is 3.48. The maximum absolute atomic E-state index is 13.2. The minimum Gasteiger partial charge on any atom is -0.449 e. The number of benzene rings is 2. The van der Waals surface area contributed by atoms with E-state index in [0.717, 1.165) is 22.1 Å². The second-order valence-corrected chi connectivity index (χ2v) is 7.80. The standard InChI is InChI=1S/C24H25N3O4/c1-4-5-12-26-23(29)22-21(18-8-6-7-9-19(18)31-22)27(24(26)30)14-20(28)25-17-11-10-15(2)16(3)13-17/h6-11,13H,4-5,12,14H2,1-3H3,(H,25,28). The lowest BCUT2D eigenvalue weighted by Crippen LogP contribution is -2.41. The third-order valence-corrected chi connectivity index (χ3v) is 5.57. The first-order chi connectivity index (χ1) is 14.9. The van der Waals surface area contributed by atoms with Gasteiger partial charge in [0, 0.05) is 17.6 Å². The summed E-state index contributed by atoms with van der Waals surface area (Å²) in [5.74, 6) is -0.349. The van der Waals surface area contributed by atoms with Crippen molar-refractivity contribution in [2.75, 3.05) is 5.32 Å². The summed E-state index contributed by atoms with van der Waals surface area (Å²) in [7, 11) is 0. The Kier molecular flexibility index (Phi) is 5.50. The van der Waals surface area contributed by atoms with E-state index in [9.17, 15) is 14.4 Å². The largest absolute Gasteiger partial charge is 0.449 e. The van der Waals surface area contributed by atoms with Crippen LogP contribution in [0.3, 0.4) is 0 Å². The van der Waals surface area contributed by atoms with Crippen LogP contribution in [0, 0.1) is 13.8 Å². The molecule has 0 fully saturated rings. The number of anilines is 1. The molecule has 4 aromatic rings. The highest BCUT2D eigenvalue weighted by Crippen LogP contribution is 2.25. The molecule has 0 spiro atoms. The fourth-order valence-corrected chi connectivity index (χ4v) is 3.72. The Balaban J connectivity index is 1.83. The van der Waals surface area contributed by atoms with E-state index in [2.05, 4.69) is 5.32 Å². The highest BCUT2D eigenvalue weighted by atomic mass is 16.3. The molecule has 2 heterocycles. The number of carbonyl (C=O) groups is 1. The predicted molar refractivity (Wildman–Crippen MR) is 122 cm³/mol. The smallest absolute Gasteiger partial charge is 0.332 e. The Morgan fingerprint density at radius 1 is 1.03 bits per heavy atom. The zero-order chi connectivity index (χ0) is 22.1. The maximum atomic E-state index is 13.2. The highest BCUT2D eigenvalue weighted by molar-refractivity contribution is 6.03. The number of aryl methyl sites for hydroxylation is 2. The van der Waals surface area contributed by atoms with Crippen molar-refractivity contribution in [1.29, 1.82) is 0 Å². The number of hydrogen-bond donors (Lipinski definition) is 1. The van der Waals surface area contributed by atoms with Gasteiger partial charge in [-0.2, -0.15) is 0 Å². The van der Waals surface area contributed by atoms with E-state index in [1.807, 2.05) is 45.0 Å². The molecule has 2 aromatic heterocycles. The average molecular weight is 419 g/mol. The first kappa shape index (κ1) is 20.7. The van der Waals surface area contributed by atoms with Crippen molar-refractivity contribution < 1.29 is 9.21 Å². The van der Waals surface area contributed by atoms with Gasteiger partial charge in [-0.05, 0) is 55.7 Å². The van der Waals surface area contributed by atoms with Gasteiger partial charge in [-0.1, -0.05) is 31.5 Å². The molecule has 0 aliphatic rings. The normalized spacial score (nSPS) is 11.3. The van der Waals surface area contributed by atoms with Crippen LogP contribution in [0.5, 0.6) is 0 Å². The van der Waals surface area contributed by atoms with Gasteiger partial charge in [0.1, 0.15) is 17.6 Å². The van der Waals surface area contributed by atoms with E-state index in [1.54, 1.807) is 18.2 Å². The molecule has 0 aliphatic carbocycles. The van der Waals surface area contributed by atoms with Crippen LogP contribution < -0.4 is 16.6 Å². The number of fused-ring (bicyclic) bond motifs is 3. The third-order valence-electron chi connectivity index (χ3n) is 5.57. The molecular formula is C24H25N3O4. The van der Waals surface area contributed by atoms with E-state index in [0.29, 0.717) is 28.6 Å². The van der Waals surface area contributed by atoms with Gasteiger partial charge in [0.05, 0.1) is 0 Å². The summed E-state index contributed by atoms with van der Waals surface area (Å²) in [5.41, 5.74) is 2.84. The van der Waals surface area contributed by atoms with E-state index in [4.69, 9.17) is 4.42 Å². The monoisotopic (exact) mass is 419 g/mol. The van der Waals surface area contributed by atoms with Gasteiger partial charge in [-0.15, -0.1) is 0 Å². The summed E-state index contributed by atoms with van der Waals surface area (Å²) in [6.07, 6.45) is 1.51. The molecule has 2 aromatic carbocycles. The first-order valence-corrected chi connectivity index (χ1v) is 10.4. The number of unbranched alkanes of at least 4 members (excludes halogenated alkanes) is 1. The highest BCUT2D eigenvalue weighted by Gasteiger charge is 2.21. The molecule has 0 aliphatic heterocycles. The molecule has 0 unspecified atom stereocenters. The number of furan rings is 1. The minimum atomic E-state index is -0.507. The summed E-state index contributed by atoms with van der Waals surface area (Å²) < 4.78 is 8.31. The lowest BCUT2D eigenvalue weighted by atomic mass is 10.1. The molecule has 1 amide bonds. The number of nitrogens with one attached hydrogen (secondary N) is 1. The topological polar surface area (TPSA) is 86.2 Å². The van der Waals surface area contributed by atoms with Crippen LogP contribution in [0.4, 0.5) is 5.69 Å². The van der Waals surface area contributed by atoms with Crippen molar-refractivity contribution in [2.45, 2.75) is 46.7 Å². The van der Waals surface area contributed by atoms with Gasteiger partial charge in [0.15, 0.2) is 0 Å². The van der Waals surface area contributed by atoms with Gasteiger partial charge in [0.2, 0.25) is 11.5 Å². The van der Waals surface area contributed by atoms with Gasteiger partial charge in [0.25, 0.3) is 5.56 Å². The number of para-hydroxylation sites is 1. The summed E-state index contributed by atoms with van der Waals surface area (Å²) in [4.78, 5) is 39.1. The molecular weight excluding hydrogens is 394 g/mol. The number of rotatable bonds is 6. The van der Waals surface area contributed by atoms with Crippen LogP contribution in [-0.2, 0) is 17.9 Å². The Hall–Kier alpha value is -3.61. The van der Waals surface area contributed by atoms with Crippen LogP contribution >= 0.6 is 0 Å². The zero-order valence-corrected chi connectivity index (χ0v) is 17.9. The van der Waals surface area contributed by atoms with Crippen molar-refractivity contribution in [1.82, 2.24) is 9.13 Å². The number of hydrogen-bond acceptors (Lipinski definition) is 4. The number of carbonyl (C=O) groups excluding carboxylic acids is 1. The molecule has 0 radical (unpaired) electrons. The Morgan fingerprint density at radius 2 is 1.81 bits per heavy atom. The van der Waals surface area contributed by atoms with E-state index in [1.165, 1.54) is 4.57 Å². The van der Waals surface area contributed by atoms with Crippen molar-refractivity contribution in [3.63, 3.8) is 0 Å². The summed E-state index contributed by atoms with van der Waals surface area (Å²) in [6.45, 7) is 6.01. The minimum absolute atomic E-state index is 0.0934. The SMILES string of the molecule is CCCCn1c(=O)c2oc3ccccc3c2n(CC(=O)Nc2ccc(C)c(C)c2)c1=O. The number of aromatic nitrogens is 2. The molecule has 0 bridgehead atoms. The van der Waals surface area contributed by atoms with Crippen molar-refractivity contribution >= 4 is 33.7 Å². The fraction of sp³-hybridized carbons (Fsp3) is 0.292. The Labute approximate surface area is 178 Å². The molecule has 0 atom stereocenters. The predicted octanol–water partition coefficient (Wildman–Crippen LogP) is 3.97. The summed E-state index contributed by atoms with van der Waals surface area (Å²) in [6, 6.07) is 12.8. The number of amides is 1.